The van der Waals surface area contributed by atoms with Crippen molar-refractivity contribution < 1.29 is 0 Å². The molecule has 0 aromatic heterocycles. The van der Waals surface area contributed by atoms with Gasteiger partial charge < -0.3 is 9.80 Å². The van der Waals surface area contributed by atoms with Crippen LogP contribution in [0.3, 0.4) is 0 Å². The van der Waals surface area contributed by atoms with E-state index >= 15 is 0 Å². The van der Waals surface area contributed by atoms with Crippen LogP contribution in [0.2, 0.25) is 0 Å². The predicted octanol–water partition coefficient (Wildman–Crippen LogP) is 16.3. The summed E-state index contributed by atoms with van der Waals surface area (Å²) in [5.41, 5.74) is 12.3. The molecule has 330 valence electrons. The van der Waals surface area contributed by atoms with Crippen LogP contribution in [0.5, 0.6) is 0 Å². The van der Waals surface area contributed by atoms with E-state index in [4.69, 9.17) is 9.98 Å². The Bertz CT molecular complexity index is 4040. The van der Waals surface area contributed by atoms with E-state index in [0.717, 1.165) is 29.1 Å². The summed E-state index contributed by atoms with van der Waals surface area (Å²) >= 11 is 0. The average molecular weight is 895 g/mol. The first kappa shape index (κ1) is 39.4. The lowest BCUT2D eigenvalue weighted by Gasteiger charge is -2.31. The molecule has 5 unspecified atom stereocenters. The number of nitrogens with zero attached hydrogens (tertiary/aromatic N) is 4. The van der Waals surface area contributed by atoms with Gasteiger partial charge in [0.05, 0.1) is 23.8 Å². The number of allylic oxidation sites excluding steroid dienone is 4. The van der Waals surface area contributed by atoms with Gasteiger partial charge in [-0.2, -0.15) is 0 Å². The highest BCUT2D eigenvalue weighted by molar-refractivity contribution is 6.22. The lowest BCUT2D eigenvalue weighted by Crippen LogP contribution is -2.29. The van der Waals surface area contributed by atoms with Gasteiger partial charge in [0.15, 0.2) is 5.84 Å². The fraction of sp³-hybridized carbons (Fsp3) is 0.0909. The molecule has 0 bridgehead atoms. The van der Waals surface area contributed by atoms with E-state index in [2.05, 4.69) is 246 Å². The molecule has 0 N–H and O–H groups in total. The van der Waals surface area contributed by atoms with Crippen molar-refractivity contribution in [3.8, 4) is 0 Å². The van der Waals surface area contributed by atoms with Gasteiger partial charge >= 0.3 is 0 Å². The molecule has 15 rings (SSSR count). The zero-order valence-electron chi connectivity index (χ0n) is 38.4. The van der Waals surface area contributed by atoms with E-state index in [1.165, 1.54) is 93.3 Å². The Balaban J connectivity index is 0.830. The van der Waals surface area contributed by atoms with E-state index in [-0.39, 0.29) is 30.0 Å². The molecule has 0 amide bonds. The number of amidine groups is 1. The summed E-state index contributed by atoms with van der Waals surface area (Å²) < 4.78 is 0. The molecular formula is C66H46N4. The van der Waals surface area contributed by atoms with Crippen LogP contribution in [0.25, 0.3) is 53.9 Å². The first-order chi connectivity index (χ1) is 34.7. The van der Waals surface area contributed by atoms with E-state index in [1.54, 1.807) is 0 Å². The Morgan fingerprint density at radius 3 is 1.96 bits per heavy atom. The third-order valence-corrected chi connectivity index (χ3v) is 15.8. The fourth-order valence-electron chi connectivity index (χ4n) is 12.6. The number of hydrogen-bond donors (Lipinski definition) is 0. The van der Waals surface area contributed by atoms with Crippen LogP contribution in [0.4, 0.5) is 22.7 Å². The topological polar surface area (TPSA) is 31.2 Å². The van der Waals surface area contributed by atoms with Crippen LogP contribution in [0.1, 0.15) is 52.1 Å². The van der Waals surface area contributed by atoms with Gasteiger partial charge in [-0.3, -0.25) is 4.99 Å². The smallest absolute Gasteiger partial charge is 0.156 e. The molecule has 5 aliphatic rings. The highest BCUT2D eigenvalue weighted by Crippen LogP contribution is 2.54. The summed E-state index contributed by atoms with van der Waals surface area (Å²) in [6.45, 7) is 0. The second-order valence-corrected chi connectivity index (χ2v) is 19.5. The normalized spacial score (nSPS) is 20.8. The highest BCUT2D eigenvalue weighted by Gasteiger charge is 2.41. The molecule has 0 fully saturated rings. The largest absolute Gasteiger partial charge is 0.333 e. The standard InChI is InChI=1S/C66H46N4/c1-2-16-42(17-3-1)58-40-59(68-66(67-58)57-38-45-18-5-6-20-49(45)51-22-8-9-23-52(51)57)47-30-29-44-36-48(33-31-43(44)35-47)69-60-26-12-10-24-53(60)56-37-46-19-14-28-62(55(46)39-64(56)69)70-61-27-13-11-25-54(61)65-50-21-7-4-15-41(50)32-34-63(65)70/h1-39,53-54,59-61H,40H2. The van der Waals surface area contributed by atoms with Crippen LogP contribution in [0, 0.1) is 0 Å². The lowest BCUT2D eigenvalue weighted by molar-refractivity contribution is 0.745. The van der Waals surface area contributed by atoms with Crippen molar-refractivity contribution in [2.75, 3.05) is 9.80 Å². The van der Waals surface area contributed by atoms with Gasteiger partial charge in [0.1, 0.15) is 0 Å². The van der Waals surface area contributed by atoms with Crippen LogP contribution < -0.4 is 9.80 Å². The minimum absolute atomic E-state index is 0.0958. The molecule has 4 nitrogen and oxygen atoms in total. The lowest BCUT2D eigenvalue weighted by atomic mass is 9.88. The average Bonchev–Trinajstić information content (AvgIpc) is 3.94. The summed E-state index contributed by atoms with van der Waals surface area (Å²) in [6.07, 6.45) is 19.2. The second-order valence-electron chi connectivity index (χ2n) is 19.5. The SMILES string of the molecule is C1=CC2c3cc4cccc(N5c6ccc7ccccc7c6C6C=CC=CC65)c4cc3N(c3ccc4cc(C5CC(c6ccccc6)=NC(c6cc7ccccc7c7ccccc67)=N5)ccc4c3)C2C=C1. The minimum atomic E-state index is -0.0958. The maximum absolute atomic E-state index is 5.52. The molecule has 0 saturated carbocycles. The zero-order chi connectivity index (χ0) is 45.9. The Morgan fingerprint density at radius 1 is 0.414 bits per heavy atom. The number of benzene rings is 10. The molecule has 70 heavy (non-hydrogen) atoms. The van der Waals surface area contributed by atoms with E-state index in [1.807, 2.05) is 0 Å². The molecular weight excluding hydrogens is 849 g/mol. The molecule has 5 atom stereocenters. The van der Waals surface area contributed by atoms with Gasteiger partial charge in [-0.05, 0) is 119 Å². The number of anilines is 4. The Labute approximate surface area is 406 Å². The Hall–Kier alpha value is -8.60. The first-order valence-electron chi connectivity index (χ1n) is 24.7. The van der Waals surface area contributed by atoms with Crippen molar-refractivity contribution in [1.82, 2.24) is 0 Å². The van der Waals surface area contributed by atoms with Crippen molar-refractivity contribution >= 4 is 88.2 Å². The summed E-state index contributed by atoms with van der Waals surface area (Å²) in [4.78, 5) is 16.1. The molecule has 3 heterocycles. The first-order valence-corrected chi connectivity index (χ1v) is 24.7. The van der Waals surface area contributed by atoms with E-state index in [0.29, 0.717) is 0 Å². The van der Waals surface area contributed by atoms with Gasteiger partial charge in [-0.15, -0.1) is 0 Å². The van der Waals surface area contributed by atoms with Gasteiger partial charge in [0.25, 0.3) is 0 Å². The minimum Gasteiger partial charge on any atom is -0.333 e. The number of aliphatic imine (C=N–C) groups is 2. The predicted molar refractivity (Wildman–Crippen MR) is 294 cm³/mol. The summed E-state index contributed by atoms with van der Waals surface area (Å²) in [7, 11) is 0. The van der Waals surface area contributed by atoms with Crippen LogP contribution in [0.15, 0.2) is 247 Å². The quantitative estimate of drug-likeness (QED) is 0.161. The second kappa shape index (κ2) is 15.5. The number of hydrogen-bond acceptors (Lipinski definition) is 4. The zero-order valence-corrected chi connectivity index (χ0v) is 38.4. The summed E-state index contributed by atoms with van der Waals surface area (Å²) in [6, 6.07) is 69.9. The summed E-state index contributed by atoms with van der Waals surface area (Å²) in [5.74, 6) is 1.31. The highest BCUT2D eigenvalue weighted by atomic mass is 15.2. The third kappa shape index (κ3) is 6.02. The van der Waals surface area contributed by atoms with Gasteiger partial charge in [0, 0.05) is 52.0 Å². The third-order valence-electron chi connectivity index (χ3n) is 15.8. The van der Waals surface area contributed by atoms with Crippen LogP contribution in [-0.2, 0) is 0 Å². The Morgan fingerprint density at radius 2 is 1.09 bits per heavy atom. The fourth-order valence-corrected chi connectivity index (χ4v) is 12.6. The molecule has 3 aliphatic heterocycles. The van der Waals surface area contributed by atoms with Crippen LogP contribution >= 0.6 is 0 Å². The molecule has 4 heteroatoms. The molecule has 0 spiro atoms. The van der Waals surface area contributed by atoms with E-state index < -0.39 is 0 Å². The number of rotatable bonds is 5. The maximum Gasteiger partial charge on any atom is 0.156 e. The van der Waals surface area contributed by atoms with Crippen molar-refractivity contribution in [2.45, 2.75) is 36.4 Å². The molecule has 10 aromatic rings. The van der Waals surface area contributed by atoms with Crippen molar-refractivity contribution in [2.24, 2.45) is 9.98 Å². The number of fused-ring (bicyclic) bond motifs is 13. The molecule has 0 radical (unpaired) electrons. The Kier molecular flexibility index (Phi) is 8.70. The van der Waals surface area contributed by atoms with Crippen molar-refractivity contribution in [3.05, 3.63) is 264 Å². The van der Waals surface area contributed by atoms with Gasteiger partial charge in [0.2, 0.25) is 0 Å². The van der Waals surface area contributed by atoms with Crippen LogP contribution in [-0.4, -0.2) is 23.6 Å². The van der Waals surface area contributed by atoms with Gasteiger partial charge in [-0.1, -0.05) is 188 Å². The van der Waals surface area contributed by atoms with Gasteiger partial charge in [-0.25, -0.2) is 4.99 Å². The van der Waals surface area contributed by atoms with Crippen molar-refractivity contribution in [1.29, 1.82) is 0 Å². The summed E-state index contributed by atoms with van der Waals surface area (Å²) in [5, 5.41) is 12.4. The molecule has 0 saturated heterocycles. The monoisotopic (exact) mass is 894 g/mol. The molecule has 2 aliphatic carbocycles. The van der Waals surface area contributed by atoms with E-state index in [9.17, 15) is 0 Å². The molecule has 10 aromatic carbocycles. The maximum atomic E-state index is 5.52. The van der Waals surface area contributed by atoms with Crippen molar-refractivity contribution in [3.63, 3.8) is 0 Å².